The Balaban J connectivity index is 1.86. The number of piperidine rings is 1. The van der Waals surface area contributed by atoms with Crippen LogP contribution >= 0.6 is 0 Å². The molecule has 94 valence electrons. The summed E-state index contributed by atoms with van der Waals surface area (Å²) in [4.78, 5) is 0. The number of hydrogen-bond acceptors (Lipinski definition) is 1. The van der Waals surface area contributed by atoms with Gasteiger partial charge in [0.2, 0.25) is 0 Å². The van der Waals surface area contributed by atoms with Crippen LogP contribution in [0.3, 0.4) is 0 Å². The number of benzene rings is 1. The van der Waals surface area contributed by atoms with E-state index in [2.05, 4.69) is 44.3 Å². The summed E-state index contributed by atoms with van der Waals surface area (Å²) in [5.41, 5.74) is 4.32. The summed E-state index contributed by atoms with van der Waals surface area (Å²) >= 11 is 0. The smallest absolute Gasteiger partial charge is 0.00727 e. The van der Waals surface area contributed by atoms with Crippen molar-refractivity contribution in [3.63, 3.8) is 0 Å². The third-order valence-electron chi connectivity index (χ3n) is 4.06. The molecule has 1 nitrogen and oxygen atoms in total. The van der Waals surface area contributed by atoms with Crippen LogP contribution in [-0.2, 0) is 6.42 Å². The fourth-order valence-corrected chi connectivity index (χ4v) is 2.77. The highest BCUT2D eigenvalue weighted by molar-refractivity contribution is 5.29. The zero-order chi connectivity index (χ0) is 12.3. The van der Waals surface area contributed by atoms with Crippen LogP contribution in [0.4, 0.5) is 0 Å². The van der Waals surface area contributed by atoms with Crippen molar-refractivity contribution in [2.24, 2.45) is 0 Å². The molecule has 0 amide bonds. The minimum atomic E-state index is 0.716. The lowest BCUT2D eigenvalue weighted by Gasteiger charge is -2.28. The van der Waals surface area contributed by atoms with Gasteiger partial charge in [0.25, 0.3) is 0 Å². The Labute approximate surface area is 106 Å². The third kappa shape index (κ3) is 3.57. The lowest BCUT2D eigenvalue weighted by atomic mass is 9.94. The van der Waals surface area contributed by atoms with Crippen LogP contribution in [0.5, 0.6) is 0 Å². The highest BCUT2D eigenvalue weighted by Crippen LogP contribution is 2.18. The van der Waals surface area contributed by atoms with E-state index in [4.69, 9.17) is 0 Å². The highest BCUT2D eigenvalue weighted by Gasteiger charge is 2.17. The van der Waals surface area contributed by atoms with Gasteiger partial charge in [-0.2, -0.15) is 0 Å². The molecule has 0 bridgehead atoms. The molecule has 1 heterocycles. The van der Waals surface area contributed by atoms with Crippen molar-refractivity contribution in [2.45, 2.75) is 65.0 Å². The predicted octanol–water partition coefficient (Wildman–Crippen LogP) is 3.77. The summed E-state index contributed by atoms with van der Waals surface area (Å²) in [5, 5.41) is 3.71. The average molecular weight is 231 g/mol. The fourth-order valence-electron chi connectivity index (χ4n) is 2.77. The monoisotopic (exact) mass is 231 g/mol. The molecule has 0 radical (unpaired) electrons. The van der Waals surface area contributed by atoms with Crippen molar-refractivity contribution in [3.8, 4) is 0 Å². The van der Waals surface area contributed by atoms with Gasteiger partial charge in [-0.1, -0.05) is 24.6 Å². The molecule has 2 atom stereocenters. The van der Waals surface area contributed by atoms with Gasteiger partial charge in [-0.15, -0.1) is 0 Å². The maximum absolute atomic E-state index is 3.71. The summed E-state index contributed by atoms with van der Waals surface area (Å²) in [6.07, 6.45) is 6.60. The Morgan fingerprint density at radius 1 is 1.18 bits per heavy atom. The van der Waals surface area contributed by atoms with Crippen LogP contribution in [-0.4, -0.2) is 12.1 Å². The molecule has 1 fully saturated rings. The van der Waals surface area contributed by atoms with Gasteiger partial charge in [-0.05, 0) is 63.1 Å². The zero-order valence-corrected chi connectivity index (χ0v) is 11.4. The van der Waals surface area contributed by atoms with Crippen molar-refractivity contribution in [1.82, 2.24) is 5.32 Å². The maximum atomic E-state index is 3.71. The second-order valence-corrected chi connectivity index (χ2v) is 5.65. The molecule has 1 aliphatic heterocycles. The quantitative estimate of drug-likeness (QED) is 0.835. The Hall–Kier alpha value is -0.820. The van der Waals surface area contributed by atoms with Gasteiger partial charge in [-0.3, -0.25) is 0 Å². The number of aryl methyl sites for hydroxylation is 3. The van der Waals surface area contributed by atoms with E-state index in [1.807, 2.05) is 0 Å². The van der Waals surface area contributed by atoms with Gasteiger partial charge < -0.3 is 5.32 Å². The average Bonchev–Trinajstić information content (AvgIpc) is 2.31. The van der Waals surface area contributed by atoms with Crippen LogP contribution in [0.15, 0.2) is 18.2 Å². The van der Waals surface area contributed by atoms with Gasteiger partial charge in [0.1, 0.15) is 0 Å². The summed E-state index contributed by atoms with van der Waals surface area (Å²) in [6, 6.07) is 8.34. The summed E-state index contributed by atoms with van der Waals surface area (Å²) in [7, 11) is 0. The van der Waals surface area contributed by atoms with Gasteiger partial charge in [-0.25, -0.2) is 0 Å². The lowest BCUT2D eigenvalue weighted by molar-refractivity contribution is 0.322. The molecule has 0 saturated carbocycles. The number of rotatable bonds is 3. The molecular formula is C16H25N. The summed E-state index contributed by atoms with van der Waals surface area (Å²) in [5.74, 6) is 0. The number of hydrogen-bond donors (Lipinski definition) is 1. The van der Waals surface area contributed by atoms with Crippen LogP contribution in [0.25, 0.3) is 0 Å². The van der Waals surface area contributed by atoms with E-state index in [-0.39, 0.29) is 0 Å². The molecule has 17 heavy (non-hydrogen) atoms. The van der Waals surface area contributed by atoms with Crippen LogP contribution in [0.2, 0.25) is 0 Å². The van der Waals surface area contributed by atoms with E-state index in [0.29, 0.717) is 6.04 Å². The molecule has 2 unspecified atom stereocenters. The first-order valence-electron chi connectivity index (χ1n) is 6.97. The molecule has 1 aliphatic rings. The first-order chi connectivity index (χ1) is 8.15. The van der Waals surface area contributed by atoms with Crippen LogP contribution in [0, 0.1) is 13.8 Å². The van der Waals surface area contributed by atoms with Gasteiger partial charge in [0.05, 0.1) is 0 Å². The minimum Gasteiger partial charge on any atom is -0.311 e. The van der Waals surface area contributed by atoms with E-state index < -0.39 is 0 Å². The molecule has 1 saturated heterocycles. The molecule has 0 aromatic heterocycles. The summed E-state index contributed by atoms with van der Waals surface area (Å²) in [6.45, 7) is 6.70. The molecule has 2 rings (SSSR count). The largest absolute Gasteiger partial charge is 0.311 e. The minimum absolute atomic E-state index is 0.716. The Kier molecular flexibility index (Phi) is 4.22. The van der Waals surface area contributed by atoms with E-state index >= 15 is 0 Å². The molecule has 0 spiro atoms. The molecule has 1 heteroatoms. The van der Waals surface area contributed by atoms with Crippen molar-refractivity contribution in [2.75, 3.05) is 0 Å². The Bertz CT molecular complexity index is 370. The molecule has 0 aliphatic carbocycles. The molecule has 1 aromatic rings. The van der Waals surface area contributed by atoms with Crippen LogP contribution < -0.4 is 5.32 Å². The van der Waals surface area contributed by atoms with Gasteiger partial charge in [0.15, 0.2) is 0 Å². The third-order valence-corrected chi connectivity index (χ3v) is 4.06. The Morgan fingerprint density at radius 2 is 2.00 bits per heavy atom. The SMILES string of the molecule is Cc1ccc(CCC2CCCC(C)N2)cc1C. The first-order valence-corrected chi connectivity index (χ1v) is 6.97. The second kappa shape index (κ2) is 5.68. The van der Waals surface area contributed by atoms with E-state index in [0.717, 1.165) is 6.04 Å². The van der Waals surface area contributed by atoms with E-state index in [1.165, 1.54) is 48.8 Å². The molecule has 1 N–H and O–H groups in total. The highest BCUT2D eigenvalue weighted by atomic mass is 15.0. The van der Waals surface area contributed by atoms with Crippen molar-refractivity contribution >= 4 is 0 Å². The molecule has 1 aromatic carbocycles. The molecular weight excluding hydrogens is 206 g/mol. The fraction of sp³-hybridized carbons (Fsp3) is 0.625. The lowest BCUT2D eigenvalue weighted by Crippen LogP contribution is -2.40. The standard InChI is InChI=1S/C16H25N/c1-12-7-8-15(11-13(12)2)9-10-16-6-4-5-14(3)17-16/h7-8,11,14,16-17H,4-6,9-10H2,1-3H3. The number of nitrogens with one attached hydrogen (secondary N) is 1. The zero-order valence-electron chi connectivity index (χ0n) is 11.4. The predicted molar refractivity (Wildman–Crippen MR) is 74.5 cm³/mol. The topological polar surface area (TPSA) is 12.0 Å². The van der Waals surface area contributed by atoms with Crippen molar-refractivity contribution in [3.05, 3.63) is 34.9 Å². The van der Waals surface area contributed by atoms with Crippen molar-refractivity contribution < 1.29 is 0 Å². The van der Waals surface area contributed by atoms with Gasteiger partial charge >= 0.3 is 0 Å². The van der Waals surface area contributed by atoms with E-state index in [9.17, 15) is 0 Å². The first kappa shape index (κ1) is 12.6. The van der Waals surface area contributed by atoms with Crippen LogP contribution in [0.1, 0.15) is 49.3 Å². The Morgan fingerprint density at radius 3 is 2.71 bits per heavy atom. The maximum Gasteiger partial charge on any atom is 0.00727 e. The van der Waals surface area contributed by atoms with Gasteiger partial charge in [0, 0.05) is 12.1 Å². The van der Waals surface area contributed by atoms with E-state index in [1.54, 1.807) is 0 Å². The second-order valence-electron chi connectivity index (χ2n) is 5.65. The normalized spacial score (nSPS) is 24.9. The summed E-state index contributed by atoms with van der Waals surface area (Å²) < 4.78 is 0. The van der Waals surface area contributed by atoms with Crippen molar-refractivity contribution in [1.29, 1.82) is 0 Å².